The van der Waals surface area contributed by atoms with E-state index in [1.165, 1.54) is 11.1 Å². The number of aromatic amines is 1. The fraction of sp³-hybridized carbons (Fsp3) is 0.438. The van der Waals surface area contributed by atoms with Crippen LogP contribution in [0, 0.1) is 6.92 Å². The molecule has 0 fully saturated rings. The maximum Gasteiger partial charge on any atom is 0.123 e. The lowest BCUT2D eigenvalue weighted by atomic mass is 10.0. The predicted molar refractivity (Wildman–Crippen MR) is 79.0 cm³/mol. The van der Waals surface area contributed by atoms with Gasteiger partial charge in [0.1, 0.15) is 5.82 Å². The molecule has 0 aliphatic heterocycles. The molecule has 3 nitrogen and oxygen atoms in total. The summed E-state index contributed by atoms with van der Waals surface area (Å²) < 4.78 is 0. The fourth-order valence-electron chi connectivity index (χ4n) is 2.35. The Morgan fingerprint density at radius 2 is 1.79 bits per heavy atom. The average Bonchev–Trinajstić information content (AvgIpc) is 2.95. The van der Waals surface area contributed by atoms with E-state index >= 15 is 0 Å². The lowest BCUT2D eigenvalue weighted by Gasteiger charge is -2.23. The molecule has 0 spiro atoms. The summed E-state index contributed by atoms with van der Waals surface area (Å²) in [6.07, 6.45) is 5.79. The van der Waals surface area contributed by atoms with Crippen molar-refractivity contribution in [1.82, 2.24) is 15.3 Å². The molecule has 0 amide bonds. The highest BCUT2D eigenvalue weighted by atomic mass is 15.0. The van der Waals surface area contributed by atoms with E-state index in [0.29, 0.717) is 6.04 Å². The van der Waals surface area contributed by atoms with Crippen LogP contribution in [0.15, 0.2) is 36.7 Å². The Hall–Kier alpha value is -1.61. The van der Waals surface area contributed by atoms with Gasteiger partial charge < -0.3 is 10.3 Å². The van der Waals surface area contributed by atoms with Crippen LogP contribution < -0.4 is 5.32 Å². The van der Waals surface area contributed by atoms with Crippen LogP contribution in [-0.2, 0) is 0 Å². The number of hydrogen-bond acceptors (Lipinski definition) is 2. The van der Waals surface area contributed by atoms with Crippen molar-refractivity contribution in [3.63, 3.8) is 0 Å². The van der Waals surface area contributed by atoms with Crippen molar-refractivity contribution in [2.75, 3.05) is 0 Å². The van der Waals surface area contributed by atoms with Crippen molar-refractivity contribution in [3.8, 4) is 0 Å². The molecule has 2 rings (SSSR count). The van der Waals surface area contributed by atoms with E-state index in [0.717, 1.165) is 18.7 Å². The molecule has 0 aliphatic carbocycles. The summed E-state index contributed by atoms with van der Waals surface area (Å²) in [6, 6.07) is 9.43. The number of benzene rings is 1. The summed E-state index contributed by atoms with van der Waals surface area (Å²) in [5.41, 5.74) is 2.65. The van der Waals surface area contributed by atoms with Gasteiger partial charge in [-0.1, -0.05) is 43.7 Å². The van der Waals surface area contributed by atoms with Gasteiger partial charge in [-0.15, -0.1) is 0 Å². The third-order valence-electron chi connectivity index (χ3n) is 3.55. The number of nitrogens with zero attached hydrogens (tertiary/aromatic N) is 1. The highest BCUT2D eigenvalue weighted by Crippen LogP contribution is 2.22. The molecular weight excluding hydrogens is 234 g/mol. The molecule has 102 valence electrons. The van der Waals surface area contributed by atoms with Crippen LogP contribution >= 0.6 is 0 Å². The van der Waals surface area contributed by atoms with Crippen molar-refractivity contribution >= 4 is 0 Å². The molecule has 19 heavy (non-hydrogen) atoms. The smallest absolute Gasteiger partial charge is 0.123 e. The second-order valence-electron chi connectivity index (χ2n) is 4.97. The maximum atomic E-state index is 4.36. The minimum atomic E-state index is 0.279. The quantitative estimate of drug-likeness (QED) is 0.823. The summed E-state index contributed by atoms with van der Waals surface area (Å²) in [5, 5.41) is 3.70. The molecule has 1 aromatic heterocycles. The average molecular weight is 257 g/mol. The number of aromatic nitrogens is 2. The standard InChI is InChI=1S/C16H23N3/c1-4-14(13-8-6-12(3)7-9-13)19-15(5-2)16-17-10-11-18-16/h6-11,14-15,19H,4-5H2,1-3H3,(H,17,18). The van der Waals surface area contributed by atoms with E-state index in [4.69, 9.17) is 0 Å². The van der Waals surface area contributed by atoms with E-state index in [-0.39, 0.29) is 6.04 Å². The minimum Gasteiger partial charge on any atom is -0.347 e. The third-order valence-corrected chi connectivity index (χ3v) is 3.55. The molecule has 0 saturated carbocycles. The fourth-order valence-corrected chi connectivity index (χ4v) is 2.35. The largest absolute Gasteiger partial charge is 0.347 e. The molecule has 3 heteroatoms. The van der Waals surface area contributed by atoms with Crippen LogP contribution in [0.5, 0.6) is 0 Å². The van der Waals surface area contributed by atoms with E-state index in [1.54, 1.807) is 0 Å². The number of H-pyrrole nitrogens is 1. The van der Waals surface area contributed by atoms with E-state index in [2.05, 4.69) is 60.3 Å². The van der Waals surface area contributed by atoms with Crippen molar-refractivity contribution < 1.29 is 0 Å². The zero-order valence-corrected chi connectivity index (χ0v) is 12.0. The molecule has 0 saturated heterocycles. The second kappa shape index (κ2) is 6.53. The van der Waals surface area contributed by atoms with E-state index < -0.39 is 0 Å². The molecule has 2 N–H and O–H groups in total. The highest BCUT2D eigenvalue weighted by molar-refractivity contribution is 5.24. The van der Waals surface area contributed by atoms with Gasteiger partial charge in [-0.2, -0.15) is 0 Å². The van der Waals surface area contributed by atoms with Gasteiger partial charge in [0.25, 0.3) is 0 Å². The maximum absolute atomic E-state index is 4.36. The van der Waals surface area contributed by atoms with Gasteiger partial charge in [0.05, 0.1) is 6.04 Å². The summed E-state index contributed by atoms with van der Waals surface area (Å²) in [4.78, 5) is 7.57. The summed E-state index contributed by atoms with van der Waals surface area (Å²) >= 11 is 0. The zero-order chi connectivity index (χ0) is 13.7. The van der Waals surface area contributed by atoms with Crippen LogP contribution in [0.3, 0.4) is 0 Å². The molecule has 0 radical (unpaired) electrons. The van der Waals surface area contributed by atoms with Crippen LogP contribution in [-0.4, -0.2) is 9.97 Å². The van der Waals surface area contributed by atoms with Gasteiger partial charge in [-0.05, 0) is 25.3 Å². The molecule has 0 bridgehead atoms. The van der Waals surface area contributed by atoms with Crippen molar-refractivity contribution in [1.29, 1.82) is 0 Å². The number of nitrogens with one attached hydrogen (secondary N) is 2. The number of imidazole rings is 1. The SMILES string of the molecule is CCC(NC(CC)c1ncc[nH]1)c1ccc(C)cc1. The van der Waals surface area contributed by atoms with E-state index in [1.807, 2.05) is 12.4 Å². The topological polar surface area (TPSA) is 40.7 Å². The van der Waals surface area contributed by atoms with Gasteiger partial charge in [-0.25, -0.2) is 4.98 Å². The van der Waals surface area contributed by atoms with Crippen molar-refractivity contribution in [2.45, 2.75) is 45.7 Å². The van der Waals surface area contributed by atoms with Crippen LogP contribution in [0.1, 0.15) is 55.7 Å². The monoisotopic (exact) mass is 257 g/mol. The molecule has 2 atom stereocenters. The zero-order valence-electron chi connectivity index (χ0n) is 12.0. The first-order valence-electron chi connectivity index (χ1n) is 7.06. The number of rotatable bonds is 6. The third kappa shape index (κ3) is 3.44. The number of aryl methyl sites for hydroxylation is 1. The Kier molecular flexibility index (Phi) is 4.74. The predicted octanol–water partition coefficient (Wildman–Crippen LogP) is 3.91. The minimum absolute atomic E-state index is 0.279. The lowest BCUT2D eigenvalue weighted by molar-refractivity contribution is 0.413. The van der Waals surface area contributed by atoms with Gasteiger partial charge in [0, 0.05) is 18.4 Å². The summed E-state index contributed by atoms with van der Waals surface area (Å²) in [7, 11) is 0. The first-order chi connectivity index (χ1) is 9.24. The van der Waals surface area contributed by atoms with Gasteiger partial charge in [-0.3, -0.25) is 0 Å². The highest BCUT2D eigenvalue weighted by Gasteiger charge is 2.17. The Bertz CT molecular complexity index is 473. The molecule has 0 aliphatic rings. The van der Waals surface area contributed by atoms with Crippen LogP contribution in [0.25, 0.3) is 0 Å². The molecule has 1 heterocycles. The normalized spacial score (nSPS) is 14.3. The first kappa shape index (κ1) is 13.8. The Morgan fingerprint density at radius 3 is 2.32 bits per heavy atom. The van der Waals surface area contributed by atoms with E-state index in [9.17, 15) is 0 Å². The summed E-state index contributed by atoms with van der Waals surface area (Å²) in [6.45, 7) is 6.52. The van der Waals surface area contributed by atoms with Crippen molar-refractivity contribution in [2.24, 2.45) is 0 Å². The summed E-state index contributed by atoms with van der Waals surface area (Å²) in [5.74, 6) is 1.02. The Labute approximate surface area is 115 Å². The van der Waals surface area contributed by atoms with Gasteiger partial charge >= 0.3 is 0 Å². The second-order valence-corrected chi connectivity index (χ2v) is 4.97. The lowest BCUT2D eigenvalue weighted by Crippen LogP contribution is -2.26. The Balaban J connectivity index is 2.11. The van der Waals surface area contributed by atoms with Crippen molar-refractivity contribution in [3.05, 3.63) is 53.6 Å². The molecule has 2 unspecified atom stereocenters. The van der Waals surface area contributed by atoms with Crippen LogP contribution in [0.4, 0.5) is 0 Å². The molecular formula is C16H23N3. The number of hydrogen-bond donors (Lipinski definition) is 2. The van der Waals surface area contributed by atoms with Gasteiger partial charge in [0.2, 0.25) is 0 Å². The molecule has 2 aromatic rings. The Morgan fingerprint density at radius 1 is 1.11 bits per heavy atom. The molecule has 1 aromatic carbocycles. The van der Waals surface area contributed by atoms with Gasteiger partial charge in [0.15, 0.2) is 0 Å². The van der Waals surface area contributed by atoms with Crippen LogP contribution in [0.2, 0.25) is 0 Å². The first-order valence-corrected chi connectivity index (χ1v) is 7.06.